The van der Waals surface area contributed by atoms with Gasteiger partial charge in [0, 0.05) is 6.54 Å². The summed E-state index contributed by atoms with van der Waals surface area (Å²) >= 11 is 0. The van der Waals surface area contributed by atoms with Crippen LogP contribution in [-0.2, 0) is 4.79 Å². The first-order chi connectivity index (χ1) is 9.70. The van der Waals surface area contributed by atoms with E-state index >= 15 is 0 Å². The summed E-state index contributed by atoms with van der Waals surface area (Å²) in [5.74, 6) is -12.3. The number of amides is 1. The topological polar surface area (TPSA) is 55.1 Å². The van der Waals surface area contributed by atoms with Gasteiger partial charge in [0.2, 0.25) is 11.7 Å². The SMILES string of the molecule is CC(C)CC(CN)C(=O)Nc1c(F)c(F)c(F)c(F)c1F. The first-order valence-corrected chi connectivity index (χ1v) is 6.23. The smallest absolute Gasteiger partial charge is 0.228 e. The van der Waals surface area contributed by atoms with Gasteiger partial charge in [-0.05, 0) is 12.3 Å². The lowest BCUT2D eigenvalue weighted by atomic mass is 9.96. The number of nitrogens with two attached hydrogens (primary N) is 1. The zero-order valence-corrected chi connectivity index (χ0v) is 11.4. The quantitative estimate of drug-likeness (QED) is 0.499. The molecule has 21 heavy (non-hydrogen) atoms. The summed E-state index contributed by atoms with van der Waals surface area (Å²) in [5, 5.41) is 1.73. The Morgan fingerprint density at radius 2 is 1.43 bits per heavy atom. The zero-order valence-electron chi connectivity index (χ0n) is 11.4. The van der Waals surface area contributed by atoms with Gasteiger partial charge in [-0.1, -0.05) is 13.8 Å². The maximum absolute atomic E-state index is 13.4. The highest BCUT2D eigenvalue weighted by atomic mass is 19.2. The highest BCUT2D eigenvalue weighted by molar-refractivity contribution is 5.93. The number of carbonyl (C=O) groups is 1. The summed E-state index contributed by atoms with van der Waals surface area (Å²) in [6.07, 6.45) is 0.317. The van der Waals surface area contributed by atoms with E-state index in [0.29, 0.717) is 6.42 Å². The van der Waals surface area contributed by atoms with Crippen molar-refractivity contribution in [1.82, 2.24) is 0 Å². The van der Waals surface area contributed by atoms with E-state index in [2.05, 4.69) is 0 Å². The van der Waals surface area contributed by atoms with Crippen molar-refractivity contribution in [2.24, 2.45) is 17.6 Å². The van der Waals surface area contributed by atoms with Crippen LogP contribution < -0.4 is 11.1 Å². The van der Waals surface area contributed by atoms with Gasteiger partial charge in [-0.15, -0.1) is 0 Å². The van der Waals surface area contributed by atoms with Crippen molar-refractivity contribution in [3.05, 3.63) is 29.1 Å². The third-order valence-electron chi connectivity index (χ3n) is 2.87. The molecule has 0 aliphatic heterocycles. The van der Waals surface area contributed by atoms with Crippen LogP contribution in [0.1, 0.15) is 20.3 Å². The molecule has 0 saturated carbocycles. The Hall–Kier alpha value is -1.70. The number of anilines is 1. The van der Waals surface area contributed by atoms with E-state index in [0.717, 1.165) is 0 Å². The van der Waals surface area contributed by atoms with E-state index < -0.39 is 46.6 Å². The highest BCUT2D eigenvalue weighted by Gasteiger charge is 2.28. The number of carbonyl (C=O) groups excluding carboxylic acids is 1. The van der Waals surface area contributed by atoms with Crippen LogP contribution in [0.3, 0.4) is 0 Å². The van der Waals surface area contributed by atoms with Gasteiger partial charge in [0.05, 0.1) is 5.92 Å². The summed E-state index contributed by atoms with van der Waals surface area (Å²) in [4.78, 5) is 11.8. The van der Waals surface area contributed by atoms with E-state index in [4.69, 9.17) is 5.73 Å². The van der Waals surface area contributed by atoms with Crippen LogP contribution in [0, 0.1) is 40.9 Å². The van der Waals surface area contributed by atoms with Crippen LogP contribution in [0.25, 0.3) is 0 Å². The Bertz CT molecular complexity index is 519. The third kappa shape index (κ3) is 3.69. The number of hydrogen-bond donors (Lipinski definition) is 2. The Morgan fingerprint density at radius 3 is 1.81 bits per heavy atom. The Morgan fingerprint density at radius 1 is 1.00 bits per heavy atom. The Balaban J connectivity index is 3.11. The lowest BCUT2D eigenvalue weighted by Gasteiger charge is -2.17. The number of halogens is 5. The van der Waals surface area contributed by atoms with Crippen LogP contribution >= 0.6 is 0 Å². The van der Waals surface area contributed by atoms with Crippen molar-refractivity contribution >= 4 is 11.6 Å². The number of benzene rings is 1. The molecule has 0 fully saturated rings. The predicted molar refractivity (Wildman–Crippen MR) is 66.9 cm³/mol. The second kappa shape index (κ2) is 6.84. The summed E-state index contributed by atoms with van der Waals surface area (Å²) < 4.78 is 65.7. The molecule has 3 nitrogen and oxygen atoms in total. The van der Waals surface area contributed by atoms with Crippen LogP contribution in [0.15, 0.2) is 0 Å². The molecule has 3 N–H and O–H groups in total. The largest absolute Gasteiger partial charge is 0.330 e. The van der Waals surface area contributed by atoms with Gasteiger partial charge in [0.25, 0.3) is 0 Å². The molecular formula is C13H15F5N2O. The minimum Gasteiger partial charge on any atom is -0.330 e. The molecule has 0 radical (unpaired) electrons. The zero-order chi connectivity index (χ0) is 16.3. The summed E-state index contributed by atoms with van der Waals surface area (Å²) in [7, 11) is 0. The first-order valence-electron chi connectivity index (χ1n) is 6.23. The van der Waals surface area contributed by atoms with Gasteiger partial charge in [0.1, 0.15) is 5.69 Å². The number of nitrogens with one attached hydrogen (secondary N) is 1. The summed E-state index contributed by atoms with van der Waals surface area (Å²) in [6, 6.07) is 0. The second-order valence-corrected chi connectivity index (χ2v) is 5.00. The molecule has 0 spiro atoms. The molecule has 0 bridgehead atoms. The molecule has 1 aromatic rings. The van der Waals surface area contributed by atoms with Crippen LogP contribution in [0.2, 0.25) is 0 Å². The van der Waals surface area contributed by atoms with Crippen molar-refractivity contribution in [2.45, 2.75) is 20.3 Å². The van der Waals surface area contributed by atoms with Crippen molar-refractivity contribution < 1.29 is 26.7 Å². The van der Waals surface area contributed by atoms with Crippen molar-refractivity contribution in [2.75, 3.05) is 11.9 Å². The fourth-order valence-electron chi connectivity index (χ4n) is 1.82. The van der Waals surface area contributed by atoms with E-state index in [1.807, 2.05) is 0 Å². The second-order valence-electron chi connectivity index (χ2n) is 5.00. The maximum atomic E-state index is 13.4. The average molecular weight is 310 g/mol. The lowest BCUT2D eigenvalue weighted by Crippen LogP contribution is -2.31. The molecule has 1 rings (SSSR count). The molecule has 1 unspecified atom stereocenters. The monoisotopic (exact) mass is 310 g/mol. The first kappa shape index (κ1) is 17.4. The lowest BCUT2D eigenvalue weighted by molar-refractivity contribution is -0.120. The molecule has 0 heterocycles. The van der Waals surface area contributed by atoms with Gasteiger partial charge >= 0.3 is 0 Å². The molecule has 0 aliphatic rings. The van der Waals surface area contributed by atoms with Gasteiger partial charge in [0.15, 0.2) is 23.3 Å². The molecule has 8 heteroatoms. The maximum Gasteiger partial charge on any atom is 0.228 e. The van der Waals surface area contributed by atoms with Crippen LogP contribution in [0.4, 0.5) is 27.6 Å². The van der Waals surface area contributed by atoms with Crippen molar-refractivity contribution in [3.63, 3.8) is 0 Å². The molecule has 0 aromatic heterocycles. The third-order valence-corrected chi connectivity index (χ3v) is 2.87. The highest BCUT2D eigenvalue weighted by Crippen LogP contribution is 2.27. The fraction of sp³-hybridized carbons (Fsp3) is 0.462. The fourth-order valence-corrected chi connectivity index (χ4v) is 1.82. The van der Waals surface area contributed by atoms with E-state index in [1.54, 1.807) is 19.2 Å². The standard InChI is InChI=1S/C13H15F5N2O/c1-5(2)3-6(4-19)13(21)20-12-10(17)8(15)7(14)9(16)11(12)18/h5-6H,3-4,19H2,1-2H3,(H,20,21). The molecule has 118 valence electrons. The number of hydrogen-bond acceptors (Lipinski definition) is 2. The molecule has 1 amide bonds. The molecule has 1 atom stereocenters. The summed E-state index contributed by atoms with van der Waals surface area (Å²) in [6.45, 7) is 3.49. The van der Waals surface area contributed by atoms with Gasteiger partial charge in [-0.3, -0.25) is 4.79 Å². The molecule has 0 saturated heterocycles. The van der Waals surface area contributed by atoms with Crippen molar-refractivity contribution in [3.8, 4) is 0 Å². The minimum atomic E-state index is -2.28. The Labute approximate surface area is 118 Å². The van der Waals surface area contributed by atoms with Gasteiger partial charge in [-0.25, -0.2) is 22.0 Å². The molecule has 1 aromatic carbocycles. The number of rotatable bonds is 5. The van der Waals surface area contributed by atoms with E-state index in [9.17, 15) is 26.7 Å². The van der Waals surface area contributed by atoms with Gasteiger partial charge < -0.3 is 11.1 Å². The van der Waals surface area contributed by atoms with Crippen LogP contribution in [-0.4, -0.2) is 12.5 Å². The van der Waals surface area contributed by atoms with Crippen LogP contribution in [0.5, 0.6) is 0 Å². The normalized spacial score (nSPS) is 12.6. The van der Waals surface area contributed by atoms with Crippen molar-refractivity contribution in [1.29, 1.82) is 0 Å². The summed E-state index contributed by atoms with van der Waals surface area (Å²) in [5.41, 5.74) is 4.02. The average Bonchev–Trinajstić information content (AvgIpc) is 2.44. The predicted octanol–water partition coefficient (Wildman–Crippen LogP) is 2.94. The van der Waals surface area contributed by atoms with Gasteiger partial charge in [-0.2, -0.15) is 0 Å². The Kier molecular flexibility index (Phi) is 5.65. The molecule has 0 aliphatic carbocycles. The molecular weight excluding hydrogens is 295 g/mol. The van der Waals surface area contributed by atoms with E-state index in [-0.39, 0.29) is 12.5 Å². The minimum absolute atomic E-state index is 0.0701. The van der Waals surface area contributed by atoms with E-state index in [1.165, 1.54) is 0 Å².